The maximum atomic E-state index is 12.7. The first-order valence-electron chi connectivity index (χ1n) is 9.67. The van der Waals surface area contributed by atoms with Crippen LogP contribution in [0.15, 0.2) is 61.2 Å². The molecule has 6 heteroatoms. The minimum Gasteiger partial charge on any atom is -0.480 e. The Labute approximate surface area is 169 Å². The Morgan fingerprint density at radius 3 is 2.31 bits per heavy atom. The molecule has 1 saturated heterocycles. The molecule has 1 aliphatic carbocycles. The summed E-state index contributed by atoms with van der Waals surface area (Å²) in [6.45, 7) is 4.27. The molecule has 1 fully saturated rings. The van der Waals surface area contributed by atoms with Gasteiger partial charge in [0.1, 0.15) is 12.6 Å². The molecule has 29 heavy (non-hydrogen) atoms. The first-order chi connectivity index (χ1) is 14.1. The largest absolute Gasteiger partial charge is 0.480 e. The lowest BCUT2D eigenvalue weighted by molar-refractivity contribution is -0.141. The van der Waals surface area contributed by atoms with Gasteiger partial charge < -0.3 is 14.6 Å². The molecule has 2 aliphatic rings. The Balaban J connectivity index is 1.48. The monoisotopic (exact) mass is 393 g/mol. The van der Waals surface area contributed by atoms with E-state index in [9.17, 15) is 14.7 Å². The van der Waals surface area contributed by atoms with Crippen LogP contribution in [0.25, 0.3) is 11.1 Å². The van der Waals surface area contributed by atoms with Crippen molar-refractivity contribution in [1.82, 2.24) is 4.90 Å². The van der Waals surface area contributed by atoms with Crippen molar-refractivity contribution in [3.8, 4) is 11.1 Å². The van der Waals surface area contributed by atoms with Crippen LogP contribution in [0.1, 0.15) is 23.5 Å². The minimum absolute atomic E-state index is 0.0648. The summed E-state index contributed by atoms with van der Waals surface area (Å²) < 4.78 is 11.2. The maximum absolute atomic E-state index is 12.7. The van der Waals surface area contributed by atoms with Crippen LogP contribution in [0.2, 0.25) is 0 Å². The van der Waals surface area contributed by atoms with E-state index in [1.807, 2.05) is 36.4 Å². The maximum Gasteiger partial charge on any atom is 0.410 e. The Hall–Kier alpha value is -3.12. The summed E-state index contributed by atoms with van der Waals surface area (Å²) in [7, 11) is 0. The van der Waals surface area contributed by atoms with E-state index >= 15 is 0 Å². The summed E-state index contributed by atoms with van der Waals surface area (Å²) in [5.41, 5.74) is 4.52. The van der Waals surface area contributed by atoms with E-state index in [2.05, 4.69) is 18.7 Å². The van der Waals surface area contributed by atoms with Crippen LogP contribution >= 0.6 is 0 Å². The van der Waals surface area contributed by atoms with Gasteiger partial charge in [0, 0.05) is 12.3 Å². The number of aliphatic carboxylic acids is 1. The summed E-state index contributed by atoms with van der Waals surface area (Å²) in [4.78, 5) is 25.6. The van der Waals surface area contributed by atoms with Gasteiger partial charge in [-0.25, -0.2) is 9.59 Å². The first-order valence-corrected chi connectivity index (χ1v) is 9.67. The molecule has 0 spiro atoms. The number of carbonyl (C=O) groups is 2. The van der Waals surface area contributed by atoms with Gasteiger partial charge in [-0.2, -0.15) is 0 Å². The molecule has 1 N–H and O–H groups in total. The lowest BCUT2D eigenvalue weighted by Crippen LogP contribution is -2.41. The molecule has 0 saturated carbocycles. The molecule has 1 amide bonds. The zero-order chi connectivity index (χ0) is 20.4. The number of fused-ring (bicyclic) bond motifs is 3. The van der Waals surface area contributed by atoms with Crippen molar-refractivity contribution < 1.29 is 24.2 Å². The van der Waals surface area contributed by atoms with Crippen LogP contribution in [0, 0.1) is 0 Å². The van der Waals surface area contributed by atoms with Gasteiger partial charge in [-0.3, -0.25) is 4.90 Å². The van der Waals surface area contributed by atoms with Gasteiger partial charge in [-0.05, 0) is 22.3 Å². The molecule has 2 atom stereocenters. The third-order valence-electron chi connectivity index (χ3n) is 5.57. The molecule has 2 aromatic rings. The Morgan fingerprint density at radius 1 is 1.10 bits per heavy atom. The predicted molar refractivity (Wildman–Crippen MR) is 108 cm³/mol. The number of rotatable bonds is 6. The predicted octanol–water partition coefficient (Wildman–Crippen LogP) is 3.67. The van der Waals surface area contributed by atoms with E-state index in [1.54, 1.807) is 6.08 Å². The average Bonchev–Trinajstić information content (AvgIpc) is 3.30. The van der Waals surface area contributed by atoms with E-state index in [4.69, 9.17) is 9.47 Å². The zero-order valence-electron chi connectivity index (χ0n) is 16.0. The molecule has 150 valence electrons. The summed E-state index contributed by atoms with van der Waals surface area (Å²) >= 11 is 0. The summed E-state index contributed by atoms with van der Waals surface area (Å²) in [6, 6.07) is 15.2. The highest BCUT2D eigenvalue weighted by atomic mass is 16.6. The molecule has 2 aromatic carbocycles. The second kappa shape index (κ2) is 8.09. The summed E-state index contributed by atoms with van der Waals surface area (Å²) in [5.74, 6) is -1.12. The third kappa shape index (κ3) is 3.63. The van der Waals surface area contributed by atoms with Crippen LogP contribution < -0.4 is 0 Å². The van der Waals surface area contributed by atoms with E-state index in [-0.39, 0.29) is 31.6 Å². The second-order valence-electron chi connectivity index (χ2n) is 7.29. The van der Waals surface area contributed by atoms with Gasteiger partial charge >= 0.3 is 12.1 Å². The number of nitrogens with zero attached hydrogens (tertiary/aromatic N) is 1. The second-order valence-corrected chi connectivity index (χ2v) is 7.29. The van der Waals surface area contributed by atoms with Crippen molar-refractivity contribution >= 4 is 12.1 Å². The van der Waals surface area contributed by atoms with Gasteiger partial charge in [0.2, 0.25) is 0 Å². The SMILES string of the molecule is C=CCOC1CC(C(=O)O)N(C(=O)OCC2c3ccccc3-c3ccccc32)C1. The van der Waals surface area contributed by atoms with E-state index in [0.29, 0.717) is 6.61 Å². The third-order valence-corrected chi connectivity index (χ3v) is 5.57. The van der Waals surface area contributed by atoms with Crippen LogP contribution in [0.3, 0.4) is 0 Å². The van der Waals surface area contributed by atoms with Gasteiger partial charge in [0.05, 0.1) is 19.3 Å². The number of carboxylic acid groups (broad SMARTS) is 1. The fraction of sp³-hybridized carbons (Fsp3) is 0.304. The zero-order valence-corrected chi connectivity index (χ0v) is 16.0. The number of benzene rings is 2. The van der Waals surface area contributed by atoms with E-state index < -0.39 is 18.1 Å². The molecule has 0 aromatic heterocycles. The fourth-order valence-electron chi connectivity index (χ4n) is 4.24. The van der Waals surface area contributed by atoms with Crippen molar-refractivity contribution in [1.29, 1.82) is 0 Å². The molecule has 6 nitrogen and oxygen atoms in total. The van der Waals surface area contributed by atoms with Gasteiger partial charge in [-0.15, -0.1) is 6.58 Å². The van der Waals surface area contributed by atoms with Crippen LogP contribution in [-0.2, 0) is 14.3 Å². The van der Waals surface area contributed by atoms with E-state index in [1.165, 1.54) is 4.90 Å². The Bertz CT molecular complexity index is 895. The van der Waals surface area contributed by atoms with Gasteiger partial charge in [-0.1, -0.05) is 54.6 Å². The van der Waals surface area contributed by atoms with Gasteiger partial charge in [0.15, 0.2) is 0 Å². The number of likely N-dealkylation sites (tertiary alicyclic amines) is 1. The number of hydrogen-bond acceptors (Lipinski definition) is 4. The normalized spacial score (nSPS) is 20.2. The molecule has 4 rings (SSSR count). The quantitative estimate of drug-likeness (QED) is 0.758. The van der Waals surface area contributed by atoms with Crippen molar-refractivity contribution in [3.63, 3.8) is 0 Å². The van der Waals surface area contributed by atoms with Crippen LogP contribution in [0.5, 0.6) is 0 Å². The highest BCUT2D eigenvalue weighted by Gasteiger charge is 2.41. The lowest BCUT2D eigenvalue weighted by Gasteiger charge is -2.22. The molecule has 1 aliphatic heterocycles. The van der Waals surface area contributed by atoms with Crippen molar-refractivity contribution in [3.05, 3.63) is 72.3 Å². The standard InChI is InChI=1S/C23H23NO5/c1-2-11-28-15-12-21(22(25)26)24(13-15)23(27)29-14-20-18-9-5-3-7-16(18)17-8-4-6-10-19(17)20/h2-10,15,20-21H,1,11-14H2,(H,25,26). The van der Waals surface area contributed by atoms with Gasteiger partial charge in [0.25, 0.3) is 0 Å². The molecule has 0 radical (unpaired) electrons. The summed E-state index contributed by atoms with van der Waals surface area (Å²) in [6.07, 6.45) is 0.887. The molecule has 1 heterocycles. The number of amides is 1. The minimum atomic E-state index is -1.05. The molecular formula is C23H23NO5. The highest BCUT2D eigenvalue weighted by molar-refractivity contribution is 5.81. The smallest absolute Gasteiger partial charge is 0.410 e. The Morgan fingerprint density at radius 2 is 1.72 bits per heavy atom. The molecular weight excluding hydrogens is 370 g/mol. The van der Waals surface area contributed by atoms with Crippen LogP contribution in [-0.4, -0.2) is 54.0 Å². The van der Waals surface area contributed by atoms with Crippen molar-refractivity contribution in [2.45, 2.75) is 24.5 Å². The number of carbonyl (C=O) groups excluding carboxylic acids is 1. The van der Waals surface area contributed by atoms with Crippen molar-refractivity contribution in [2.24, 2.45) is 0 Å². The highest BCUT2D eigenvalue weighted by Crippen LogP contribution is 2.44. The molecule has 0 bridgehead atoms. The summed E-state index contributed by atoms with van der Waals surface area (Å²) in [5, 5.41) is 9.49. The van der Waals surface area contributed by atoms with Crippen molar-refractivity contribution in [2.75, 3.05) is 19.8 Å². The average molecular weight is 393 g/mol. The Kier molecular flexibility index (Phi) is 5.36. The topological polar surface area (TPSA) is 76.1 Å². The van der Waals surface area contributed by atoms with E-state index in [0.717, 1.165) is 22.3 Å². The first kappa shape index (κ1) is 19.2. The lowest BCUT2D eigenvalue weighted by atomic mass is 9.98. The number of ether oxygens (including phenoxy) is 2. The van der Waals surface area contributed by atoms with Crippen LogP contribution in [0.4, 0.5) is 4.79 Å². The number of hydrogen-bond donors (Lipinski definition) is 1. The fourth-order valence-corrected chi connectivity index (χ4v) is 4.24. The molecule has 2 unspecified atom stereocenters. The number of carboxylic acids is 1.